The van der Waals surface area contributed by atoms with E-state index < -0.39 is 0 Å². The van der Waals surface area contributed by atoms with E-state index in [1.807, 2.05) is 6.20 Å². The number of fused-ring (bicyclic) bond motifs is 2. The van der Waals surface area contributed by atoms with Crippen LogP contribution < -0.4 is 0 Å². The molecule has 1 aliphatic carbocycles. The summed E-state index contributed by atoms with van der Waals surface area (Å²) in [6.07, 6.45) is 12.9. The molecular formula is C21H29N3O. The van der Waals surface area contributed by atoms with Gasteiger partial charge in [0, 0.05) is 30.8 Å². The Hall–Kier alpha value is -1.39. The second kappa shape index (κ2) is 6.73. The van der Waals surface area contributed by atoms with Gasteiger partial charge in [0.1, 0.15) is 5.65 Å². The minimum absolute atomic E-state index is 0.233. The van der Waals surface area contributed by atoms with Gasteiger partial charge in [0.05, 0.1) is 11.8 Å². The summed E-state index contributed by atoms with van der Waals surface area (Å²) in [4.78, 5) is 11.0. The van der Waals surface area contributed by atoms with E-state index in [-0.39, 0.29) is 6.10 Å². The summed E-state index contributed by atoms with van der Waals surface area (Å²) < 4.78 is 6.03. The fourth-order valence-corrected chi connectivity index (χ4v) is 5.47. The Bertz CT molecular complexity index is 732. The van der Waals surface area contributed by atoms with Crippen LogP contribution in [0.5, 0.6) is 0 Å². The number of hydrogen-bond donors (Lipinski definition) is 1. The van der Waals surface area contributed by atoms with Crippen LogP contribution in [0, 0.1) is 5.92 Å². The summed E-state index contributed by atoms with van der Waals surface area (Å²) in [6.45, 7) is 3.20. The number of nitrogens with zero attached hydrogens (tertiary/aromatic N) is 2. The van der Waals surface area contributed by atoms with Gasteiger partial charge < -0.3 is 9.72 Å². The van der Waals surface area contributed by atoms with E-state index in [1.165, 1.54) is 68.1 Å². The first-order chi connectivity index (χ1) is 12.4. The van der Waals surface area contributed by atoms with E-state index in [0.717, 1.165) is 37.2 Å². The molecule has 25 heavy (non-hydrogen) atoms. The molecular weight excluding hydrogens is 310 g/mol. The number of rotatable bonds is 3. The molecule has 4 heterocycles. The molecule has 2 saturated heterocycles. The molecule has 1 saturated carbocycles. The Kier molecular flexibility index (Phi) is 4.26. The van der Waals surface area contributed by atoms with Crippen molar-refractivity contribution in [3.8, 4) is 0 Å². The third-order valence-electron chi connectivity index (χ3n) is 6.68. The van der Waals surface area contributed by atoms with Crippen molar-refractivity contribution in [2.45, 2.75) is 70.1 Å². The van der Waals surface area contributed by atoms with Crippen LogP contribution in [0.2, 0.25) is 0 Å². The lowest BCUT2D eigenvalue weighted by Gasteiger charge is -2.44. The first-order valence-electron chi connectivity index (χ1n) is 10.2. The Balaban J connectivity index is 1.49. The number of pyridine rings is 1. The second-order valence-corrected chi connectivity index (χ2v) is 8.14. The molecule has 0 aromatic carbocycles. The lowest BCUT2D eigenvalue weighted by molar-refractivity contribution is 0.0533. The van der Waals surface area contributed by atoms with E-state index in [9.17, 15) is 0 Å². The van der Waals surface area contributed by atoms with Gasteiger partial charge in [-0.05, 0) is 68.7 Å². The summed E-state index contributed by atoms with van der Waals surface area (Å²) >= 11 is 0. The monoisotopic (exact) mass is 339 g/mol. The molecule has 4 nitrogen and oxygen atoms in total. The van der Waals surface area contributed by atoms with Crippen LogP contribution in [0.25, 0.3) is 11.0 Å². The van der Waals surface area contributed by atoms with Crippen molar-refractivity contribution in [3.05, 3.63) is 29.6 Å². The average molecular weight is 339 g/mol. The molecule has 3 atom stereocenters. The first-order valence-corrected chi connectivity index (χ1v) is 10.2. The summed E-state index contributed by atoms with van der Waals surface area (Å²) in [6, 6.07) is 5.09. The minimum Gasteiger partial charge on any atom is -0.372 e. The minimum atomic E-state index is 0.233. The Morgan fingerprint density at radius 1 is 1.12 bits per heavy atom. The highest BCUT2D eigenvalue weighted by Crippen LogP contribution is 2.39. The van der Waals surface area contributed by atoms with Crippen molar-refractivity contribution in [1.29, 1.82) is 0 Å². The van der Waals surface area contributed by atoms with Crippen LogP contribution in [0.4, 0.5) is 0 Å². The predicted molar refractivity (Wildman–Crippen MR) is 99.4 cm³/mol. The van der Waals surface area contributed by atoms with Crippen LogP contribution in [-0.2, 0) is 11.3 Å². The van der Waals surface area contributed by atoms with Gasteiger partial charge in [-0.25, -0.2) is 4.98 Å². The highest BCUT2D eigenvalue weighted by Gasteiger charge is 2.34. The maximum atomic E-state index is 6.03. The van der Waals surface area contributed by atoms with E-state index in [0.29, 0.717) is 0 Å². The van der Waals surface area contributed by atoms with Gasteiger partial charge in [0.25, 0.3) is 0 Å². The van der Waals surface area contributed by atoms with Crippen molar-refractivity contribution in [2.24, 2.45) is 5.92 Å². The van der Waals surface area contributed by atoms with Crippen molar-refractivity contribution in [1.82, 2.24) is 14.9 Å². The number of likely N-dealkylation sites (tertiary alicyclic amines) is 1. The van der Waals surface area contributed by atoms with Gasteiger partial charge in [-0.3, -0.25) is 4.90 Å². The van der Waals surface area contributed by atoms with Crippen LogP contribution in [0.15, 0.2) is 18.3 Å². The lowest BCUT2D eigenvalue weighted by atomic mass is 9.78. The topological polar surface area (TPSA) is 41.1 Å². The van der Waals surface area contributed by atoms with E-state index in [2.05, 4.69) is 27.0 Å². The molecule has 134 valence electrons. The molecule has 2 aromatic rings. The van der Waals surface area contributed by atoms with Crippen LogP contribution in [0.3, 0.4) is 0 Å². The predicted octanol–water partition coefficient (Wildman–Crippen LogP) is 4.57. The number of nitrogens with one attached hydrogen (secondary N) is 1. The number of aromatic nitrogens is 2. The smallest absolute Gasteiger partial charge is 0.137 e. The summed E-state index contributed by atoms with van der Waals surface area (Å²) in [5.41, 5.74) is 3.77. The highest BCUT2D eigenvalue weighted by molar-refractivity contribution is 5.81. The molecule has 0 amide bonds. The third kappa shape index (κ3) is 2.89. The average Bonchev–Trinajstić information content (AvgIpc) is 3.30. The van der Waals surface area contributed by atoms with Gasteiger partial charge >= 0.3 is 0 Å². The fourth-order valence-electron chi connectivity index (χ4n) is 5.47. The second-order valence-electron chi connectivity index (χ2n) is 8.14. The van der Waals surface area contributed by atoms with Crippen LogP contribution in [-0.4, -0.2) is 34.1 Å². The molecule has 2 aliphatic heterocycles. The number of hydrogen-bond acceptors (Lipinski definition) is 3. The molecule has 3 aliphatic rings. The summed E-state index contributed by atoms with van der Waals surface area (Å²) in [5.74, 6) is 0.928. The molecule has 4 heteroatoms. The number of piperidine rings is 1. The number of aromatic amines is 1. The normalized spacial score (nSPS) is 30.6. The standard InChI is InChI=1S/C21H29N3O/c1-2-9-18-15(6-1)7-4-12-24(18)14-17-16-8-3-11-22-21(16)23-20(17)19-10-5-13-25-19/h3,8,11,15,18-19H,1-2,4-7,9-10,12-14H2,(H,22,23)/t15-,18+,19+/m1/s1. The van der Waals surface area contributed by atoms with Gasteiger partial charge in [0.15, 0.2) is 0 Å². The van der Waals surface area contributed by atoms with Crippen LogP contribution in [0.1, 0.15) is 68.7 Å². The van der Waals surface area contributed by atoms with Gasteiger partial charge in [-0.15, -0.1) is 0 Å². The summed E-state index contributed by atoms with van der Waals surface area (Å²) in [5, 5.41) is 1.30. The van der Waals surface area contributed by atoms with E-state index in [1.54, 1.807) is 0 Å². The summed E-state index contributed by atoms with van der Waals surface area (Å²) in [7, 11) is 0. The number of ether oxygens (including phenoxy) is 1. The fraction of sp³-hybridized carbons (Fsp3) is 0.667. The van der Waals surface area contributed by atoms with Crippen molar-refractivity contribution >= 4 is 11.0 Å². The maximum Gasteiger partial charge on any atom is 0.137 e. The first kappa shape index (κ1) is 15.8. The van der Waals surface area contributed by atoms with Crippen molar-refractivity contribution in [3.63, 3.8) is 0 Å². The van der Waals surface area contributed by atoms with Gasteiger partial charge in [-0.2, -0.15) is 0 Å². The van der Waals surface area contributed by atoms with Gasteiger partial charge in [0.2, 0.25) is 0 Å². The Morgan fingerprint density at radius 3 is 2.96 bits per heavy atom. The molecule has 5 rings (SSSR count). The molecule has 1 N–H and O–H groups in total. The molecule has 0 unspecified atom stereocenters. The van der Waals surface area contributed by atoms with Crippen LogP contribution >= 0.6 is 0 Å². The van der Waals surface area contributed by atoms with Crippen molar-refractivity contribution < 1.29 is 4.74 Å². The quantitative estimate of drug-likeness (QED) is 0.890. The van der Waals surface area contributed by atoms with Crippen molar-refractivity contribution in [2.75, 3.05) is 13.2 Å². The lowest BCUT2D eigenvalue weighted by Crippen LogP contribution is -2.46. The zero-order valence-corrected chi connectivity index (χ0v) is 15.0. The molecule has 0 radical (unpaired) electrons. The molecule has 3 fully saturated rings. The Labute approximate surface area is 150 Å². The molecule has 0 spiro atoms. The maximum absolute atomic E-state index is 6.03. The SMILES string of the molecule is c1cnc2[nH]c([C@@H]3CCCO3)c(CN3CCC[C@H]4CCCC[C@@H]43)c2c1. The largest absolute Gasteiger partial charge is 0.372 e. The highest BCUT2D eigenvalue weighted by atomic mass is 16.5. The Morgan fingerprint density at radius 2 is 2.04 bits per heavy atom. The van der Waals surface area contributed by atoms with Gasteiger partial charge in [-0.1, -0.05) is 12.8 Å². The molecule has 2 aromatic heterocycles. The zero-order valence-electron chi connectivity index (χ0n) is 15.0. The molecule has 0 bridgehead atoms. The third-order valence-corrected chi connectivity index (χ3v) is 6.68. The number of H-pyrrole nitrogens is 1. The zero-order chi connectivity index (χ0) is 16.6. The van der Waals surface area contributed by atoms with E-state index >= 15 is 0 Å². The van der Waals surface area contributed by atoms with E-state index in [4.69, 9.17) is 4.74 Å².